The van der Waals surface area contributed by atoms with Gasteiger partial charge in [0.05, 0.1) is 6.61 Å². The van der Waals surface area contributed by atoms with Crippen LogP contribution in [0.25, 0.3) is 0 Å². The van der Waals surface area contributed by atoms with E-state index in [0.29, 0.717) is 5.75 Å². The quantitative estimate of drug-likeness (QED) is 0.573. The zero-order chi connectivity index (χ0) is 13.1. The van der Waals surface area contributed by atoms with Gasteiger partial charge in [0.15, 0.2) is 6.10 Å². The Hall–Kier alpha value is -0.790. The van der Waals surface area contributed by atoms with Crippen molar-refractivity contribution in [1.29, 1.82) is 0 Å². The Labute approximate surface area is 110 Å². The topological polar surface area (TPSA) is 79.2 Å². The molecule has 0 saturated carbocycles. The third-order valence-corrected chi connectivity index (χ3v) is 3.27. The fraction of sp³-hybridized carbons (Fsp3) is 0.500. The van der Waals surface area contributed by atoms with Crippen LogP contribution in [0.2, 0.25) is 0 Å². The monoisotopic (exact) mass is 272 g/mol. The van der Waals surface area contributed by atoms with E-state index in [1.54, 1.807) is 24.3 Å². The second kappa shape index (κ2) is 5.90. The Morgan fingerprint density at radius 2 is 1.83 bits per heavy atom. The molecular weight excluding hydrogens is 256 g/mol. The van der Waals surface area contributed by atoms with E-state index >= 15 is 0 Å². The Morgan fingerprint density at radius 1 is 1.17 bits per heavy atom. The summed E-state index contributed by atoms with van der Waals surface area (Å²) in [5.41, 5.74) is -0.722. The molecule has 1 fully saturated rings. The lowest BCUT2D eigenvalue weighted by Crippen LogP contribution is -2.58. The van der Waals surface area contributed by atoms with E-state index in [0.717, 1.165) is 0 Å². The number of para-hydroxylation sites is 1. The summed E-state index contributed by atoms with van der Waals surface area (Å²) in [6.45, 7) is -0.382. The predicted octanol–water partition coefficient (Wildman–Crippen LogP) is -0.197. The van der Waals surface area contributed by atoms with Gasteiger partial charge >= 0.3 is 0 Å². The molecule has 6 heteroatoms. The molecule has 5 atom stereocenters. The van der Waals surface area contributed by atoms with Crippen LogP contribution in [0, 0.1) is 0 Å². The molecular formula is C12H16O5S. The van der Waals surface area contributed by atoms with E-state index in [9.17, 15) is 10.2 Å². The maximum atomic E-state index is 9.96. The minimum Gasteiger partial charge on any atom is -0.484 e. The molecule has 1 saturated heterocycles. The van der Waals surface area contributed by atoms with Gasteiger partial charge in [0.1, 0.15) is 29.5 Å². The van der Waals surface area contributed by atoms with Crippen molar-refractivity contribution in [3.8, 4) is 5.75 Å². The molecule has 5 nitrogen and oxygen atoms in total. The molecule has 1 aromatic rings. The number of ether oxygens (including phenoxy) is 2. The lowest BCUT2D eigenvalue weighted by molar-refractivity contribution is -0.198. The van der Waals surface area contributed by atoms with Gasteiger partial charge in [0, 0.05) is 0 Å². The van der Waals surface area contributed by atoms with Gasteiger partial charge < -0.3 is 24.8 Å². The smallest absolute Gasteiger partial charge is 0.162 e. The summed E-state index contributed by atoms with van der Waals surface area (Å²) in [6.07, 6.45) is -4.02. The van der Waals surface area contributed by atoms with Crippen LogP contribution in [0.1, 0.15) is 0 Å². The molecule has 0 aliphatic carbocycles. The molecule has 1 aliphatic rings. The number of benzene rings is 1. The van der Waals surface area contributed by atoms with Crippen LogP contribution in [-0.4, -0.2) is 51.8 Å². The van der Waals surface area contributed by atoms with E-state index in [4.69, 9.17) is 14.6 Å². The zero-order valence-electron chi connectivity index (χ0n) is 9.59. The minimum absolute atomic E-state index is 0.382. The average Bonchev–Trinajstić information content (AvgIpc) is 2.40. The first-order chi connectivity index (χ1) is 8.63. The van der Waals surface area contributed by atoms with Crippen molar-refractivity contribution >= 4 is 12.6 Å². The summed E-state index contributed by atoms with van der Waals surface area (Å²) in [4.78, 5) is 0. The Morgan fingerprint density at radius 3 is 2.44 bits per heavy atom. The SMILES string of the molecule is OC[C@H]1O[C@@H](S)[C@H](Oc2ccccc2)[C@@H](O)[C@@H]1O. The van der Waals surface area contributed by atoms with Crippen molar-refractivity contribution in [3.63, 3.8) is 0 Å². The van der Waals surface area contributed by atoms with Crippen molar-refractivity contribution < 1.29 is 24.8 Å². The van der Waals surface area contributed by atoms with Crippen LogP contribution >= 0.6 is 12.6 Å². The van der Waals surface area contributed by atoms with Crippen molar-refractivity contribution in [2.75, 3.05) is 6.61 Å². The molecule has 0 spiro atoms. The van der Waals surface area contributed by atoms with Gasteiger partial charge in [-0.25, -0.2) is 0 Å². The van der Waals surface area contributed by atoms with Gasteiger partial charge in [-0.15, -0.1) is 12.6 Å². The number of hydrogen-bond acceptors (Lipinski definition) is 6. The van der Waals surface area contributed by atoms with Gasteiger partial charge in [-0.3, -0.25) is 0 Å². The van der Waals surface area contributed by atoms with Gasteiger partial charge in [0.25, 0.3) is 0 Å². The lowest BCUT2D eigenvalue weighted by Gasteiger charge is -2.40. The van der Waals surface area contributed by atoms with Gasteiger partial charge in [-0.1, -0.05) is 18.2 Å². The summed E-state index contributed by atoms with van der Waals surface area (Å²) in [7, 11) is 0. The molecule has 18 heavy (non-hydrogen) atoms. The highest BCUT2D eigenvalue weighted by Crippen LogP contribution is 2.27. The third kappa shape index (κ3) is 2.78. The normalized spacial score (nSPS) is 36.3. The molecule has 0 radical (unpaired) electrons. The van der Waals surface area contributed by atoms with Crippen LogP contribution in [0.3, 0.4) is 0 Å². The van der Waals surface area contributed by atoms with Gasteiger partial charge in [0.2, 0.25) is 0 Å². The van der Waals surface area contributed by atoms with E-state index in [-0.39, 0.29) is 6.61 Å². The average molecular weight is 272 g/mol. The minimum atomic E-state index is -1.20. The molecule has 0 amide bonds. The second-order valence-electron chi connectivity index (χ2n) is 4.12. The zero-order valence-corrected chi connectivity index (χ0v) is 10.5. The number of aliphatic hydroxyl groups excluding tert-OH is 3. The molecule has 2 rings (SSSR count). The molecule has 1 aromatic carbocycles. The number of thiol groups is 1. The van der Waals surface area contributed by atoms with Crippen molar-refractivity contribution in [2.45, 2.75) is 29.9 Å². The summed E-state index contributed by atoms with van der Waals surface area (Å²) >= 11 is 4.17. The molecule has 0 unspecified atom stereocenters. The fourth-order valence-electron chi connectivity index (χ4n) is 1.86. The number of aliphatic hydroxyl groups is 3. The van der Waals surface area contributed by atoms with Gasteiger partial charge in [-0.2, -0.15) is 0 Å². The van der Waals surface area contributed by atoms with Crippen LogP contribution in [0.5, 0.6) is 5.75 Å². The highest BCUT2D eigenvalue weighted by Gasteiger charge is 2.44. The first kappa shape index (κ1) is 13.6. The molecule has 1 aliphatic heterocycles. The van der Waals surface area contributed by atoms with Crippen molar-refractivity contribution in [2.24, 2.45) is 0 Å². The van der Waals surface area contributed by atoms with Crippen LogP contribution in [0.4, 0.5) is 0 Å². The first-order valence-electron chi connectivity index (χ1n) is 5.65. The highest BCUT2D eigenvalue weighted by molar-refractivity contribution is 7.80. The summed E-state index contributed by atoms with van der Waals surface area (Å²) in [6, 6.07) is 8.91. The maximum Gasteiger partial charge on any atom is 0.162 e. The van der Waals surface area contributed by atoms with E-state index < -0.39 is 29.9 Å². The Kier molecular flexibility index (Phi) is 4.47. The maximum absolute atomic E-state index is 9.96. The van der Waals surface area contributed by atoms with Crippen LogP contribution in [0.15, 0.2) is 30.3 Å². The van der Waals surface area contributed by atoms with Crippen molar-refractivity contribution in [1.82, 2.24) is 0 Å². The van der Waals surface area contributed by atoms with Crippen LogP contribution < -0.4 is 4.74 Å². The molecule has 0 bridgehead atoms. The largest absolute Gasteiger partial charge is 0.484 e. The first-order valence-corrected chi connectivity index (χ1v) is 6.17. The third-order valence-electron chi connectivity index (χ3n) is 2.86. The Bertz CT molecular complexity index is 374. The number of rotatable bonds is 3. The van der Waals surface area contributed by atoms with E-state index in [1.807, 2.05) is 6.07 Å². The fourth-order valence-corrected chi connectivity index (χ4v) is 2.25. The molecule has 0 aromatic heterocycles. The Balaban J connectivity index is 2.08. The molecule has 100 valence electrons. The highest BCUT2D eigenvalue weighted by atomic mass is 32.1. The van der Waals surface area contributed by atoms with Crippen LogP contribution in [-0.2, 0) is 4.74 Å². The molecule has 1 heterocycles. The van der Waals surface area contributed by atoms with E-state index in [2.05, 4.69) is 12.6 Å². The summed E-state index contributed by atoms with van der Waals surface area (Å²) in [5.74, 6) is 0.554. The molecule has 3 N–H and O–H groups in total. The lowest BCUT2D eigenvalue weighted by atomic mass is 10.00. The van der Waals surface area contributed by atoms with Gasteiger partial charge in [-0.05, 0) is 12.1 Å². The van der Waals surface area contributed by atoms with E-state index in [1.165, 1.54) is 0 Å². The number of hydrogen-bond donors (Lipinski definition) is 4. The summed E-state index contributed by atoms with van der Waals surface area (Å²) < 4.78 is 10.8. The summed E-state index contributed by atoms with van der Waals surface area (Å²) in [5, 5.41) is 28.7. The standard InChI is InChI=1S/C12H16O5S/c13-6-8-9(14)10(15)11(12(18)17-8)16-7-4-2-1-3-5-7/h1-5,8-15,18H,6H2/t8-,9-,10+,11-,12+/m1/s1. The second-order valence-corrected chi connectivity index (χ2v) is 4.63. The predicted molar refractivity (Wildman–Crippen MR) is 67.6 cm³/mol. The van der Waals surface area contributed by atoms with Crippen molar-refractivity contribution in [3.05, 3.63) is 30.3 Å².